The van der Waals surface area contributed by atoms with Gasteiger partial charge in [-0.25, -0.2) is 4.68 Å². The highest BCUT2D eigenvalue weighted by Gasteiger charge is 2.23. The van der Waals surface area contributed by atoms with Crippen molar-refractivity contribution in [3.05, 3.63) is 70.8 Å². The fourth-order valence-corrected chi connectivity index (χ4v) is 4.21. The van der Waals surface area contributed by atoms with Crippen molar-refractivity contribution < 1.29 is 9.53 Å². The van der Waals surface area contributed by atoms with Crippen molar-refractivity contribution in [1.29, 1.82) is 0 Å². The number of carbonyl (C=O) groups excluding carboxylic acids is 1. The standard InChI is InChI=1S/C23H21N3O2S2/c1-14(2)28-19-10-9-16(11-15(19)3)21-17(12-20-22(27)24-23(29)30-20)13-26(25-21)18-7-5-4-6-8-18/h4-14H,1-3H3,(H,24,27,29)/b20-12-. The molecule has 1 amide bonds. The summed E-state index contributed by atoms with van der Waals surface area (Å²) in [4.78, 5) is 12.7. The van der Waals surface area contributed by atoms with Gasteiger partial charge in [0.05, 0.1) is 16.7 Å². The molecule has 0 unspecified atom stereocenters. The number of thioether (sulfide) groups is 1. The highest BCUT2D eigenvalue weighted by molar-refractivity contribution is 8.26. The molecule has 1 aliphatic rings. The lowest BCUT2D eigenvalue weighted by molar-refractivity contribution is -0.115. The zero-order chi connectivity index (χ0) is 21.3. The maximum absolute atomic E-state index is 12.2. The highest BCUT2D eigenvalue weighted by Crippen LogP contribution is 2.32. The molecule has 0 bridgehead atoms. The lowest BCUT2D eigenvalue weighted by Gasteiger charge is -2.13. The Bertz CT molecular complexity index is 1150. The number of benzene rings is 2. The van der Waals surface area contributed by atoms with E-state index >= 15 is 0 Å². The van der Waals surface area contributed by atoms with Crippen molar-refractivity contribution in [1.82, 2.24) is 15.1 Å². The Kier molecular flexibility index (Phi) is 5.74. The summed E-state index contributed by atoms with van der Waals surface area (Å²) < 4.78 is 8.16. The summed E-state index contributed by atoms with van der Waals surface area (Å²) in [5, 5.41) is 7.49. The lowest BCUT2D eigenvalue weighted by Crippen LogP contribution is -2.17. The first-order chi connectivity index (χ1) is 14.4. The third-order valence-corrected chi connectivity index (χ3v) is 5.67. The summed E-state index contributed by atoms with van der Waals surface area (Å²) in [6.45, 7) is 6.04. The normalized spacial score (nSPS) is 15.1. The van der Waals surface area contributed by atoms with Gasteiger partial charge in [0.2, 0.25) is 0 Å². The lowest BCUT2D eigenvalue weighted by atomic mass is 10.0. The minimum absolute atomic E-state index is 0.105. The number of rotatable bonds is 5. The molecule has 0 atom stereocenters. The molecule has 1 fully saturated rings. The van der Waals surface area contributed by atoms with E-state index in [0.29, 0.717) is 9.23 Å². The molecule has 4 rings (SSSR count). The Morgan fingerprint density at radius 3 is 2.60 bits per heavy atom. The van der Waals surface area contributed by atoms with Gasteiger partial charge in [-0.3, -0.25) is 4.79 Å². The number of aryl methyl sites for hydroxylation is 1. The van der Waals surface area contributed by atoms with Crippen LogP contribution in [0.15, 0.2) is 59.6 Å². The third-order valence-electron chi connectivity index (χ3n) is 4.50. The van der Waals surface area contributed by atoms with Crippen LogP contribution in [0.4, 0.5) is 0 Å². The van der Waals surface area contributed by atoms with Crippen LogP contribution in [-0.4, -0.2) is 26.1 Å². The molecule has 0 aliphatic carbocycles. The summed E-state index contributed by atoms with van der Waals surface area (Å²) in [6, 6.07) is 15.9. The number of nitrogens with one attached hydrogen (secondary N) is 1. The molecule has 1 aromatic heterocycles. The molecule has 2 heterocycles. The molecule has 5 nitrogen and oxygen atoms in total. The van der Waals surface area contributed by atoms with E-state index in [0.717, 1.165) is 33.8 Å². The second-order valence-electron chi connectivity index (χ2n) is 7.21. The van der Waals surface area contributed by atoms with Gasteiger partial charge in [-0.2, -0.15) is 5.10 Å². The molecule has 0 radical (unpaired) electrons. The number of thiocarbonyl (C=S) groups is 1. The number of hydrogen-bond acceptors (Lipinski definition) is 5. The topological polar surface area (TPSA) is 56.2 Å². The van der Waals surface area contributed by atoms with E-state index in [9.17, 15) is 4.79 Å². The average molecular weight is 436 g/mol. The quantitative estimate of drug-likeness (QED) is 0.445. The summed E-state index contributed by atoms with van der Waals surface area (Å²) in [7, 11) is 0. The van der Waals surface area contributed by atoms with Gasteiger partial charge in [0.1, 0.15) is 15.8 Å². The number of para-hydroxylation sites is 1. The van der Waals surface area contributed by atoms with Crippen molar-refractivity contribution in [3.63, 3.8) is 0 Å². The van der Waals surface area contributed by atoms with Crippen LogP contribution in [0.25, 0.3) is 23.0 Å². The van der Waals surface area contributed by atoms with Gasteiger partial charge in [0, 0.05) is 17.3 Å². The fourth-order valence-electron chi connectivity index (χ4n) is 3.18. The predicted octanol–water partition coefficient (Wildman–Crippen LogP) is 5.12. The largest absolute Gasteiger partial charge is 0.491 e. The molecule has 152 valence electrons. The monoisotopic (exact) mass is 435 g/mol. The molecule has 0 saturated carbocycles. The molecule has 3 aromatic rings. The fraction of sp³-hybridized carbons (Fsp3) is 0.174. The number of carbonyl (C=O) groups is 1. The Morgan fingerprint density at radius 2 is 1.97 bits per heavy atom. The summed E-state index contributed by atoms with van der Waals surface area (Å²) in [5.41, 5.74) is 4.56. The Balaban J connectivity index is 1.81. The van der Waals surface area contributed by atoms with Crippen molar-refractivity contribution >= 4 is 40.3 Å². The van der Waals surface area contributed by atoms with Crippen molar-refractivity contribution in [2.24, 2.45) is 0 Å². The molecule has 1 saturated heterocycles. The number of hydrogen-bond donors (Lipinski definition) is 1. The van der Waals surface area contributed by atoms with E-state index in [1.165, 1.54) is 11.8 Å². The third kappa shape index (κ3) is 4.32. The zero-order valence-corrected chi connectivity index (χ0v) is 18.5. The van der Waals surface area contributed by atoms with Gasteiger partial charge in [-0.05, 0) is 62.7 Å². The van der Waals surface area contributed by atoms with E-state index in [-0.39, 0.29) is 12.0 Å². The van der Waals surface area contributed by atoms with E-state index in [2.05, 4.69) is 11.4 Å². The second kappa shape index (κ2) is 8.45. The number of nitrogens with zero attached hydrogens (tertiary/aromatic N) is 2. The van der Waals surface area contributed by atoms with Crippen LogP contribution in [0.5, 0.6) is 5.75 Å². The van der Waals surface area contributed by atoms with Gasteiger partial charge in [0.25, 0.3) is 5.91 Å². The van der Waals surface area contributed by atoms with E-state index in [4.69, 9.17) is 22.1 Å². The zero-order valence-electron chi connectivity index (χ0n) is 16.9. The number of ether oxygens (including phenoxy) is 1. The van der Waals surface area contributed by atoms with Crippen LogP contribution in [-0.2, 0) is 4.79 Å². The maximum Gasteiger partial charge on any atom is 0.263 e. The molecule has 7 heteroatoms. The summed E-state index contributed by atoms with van der Waals surface area (Å²) in [5.74, 6) is 0.674. The van der Waals surface area contributed by atoms with Crippen LogP contribution >= 0.6 is 24.0 Å². The van der Waals surface area contributed by atoms with Crippen LogP contribution in [0.3, 0.4) is 0 Å². The van der Waals surface area contributed by atoms with Crippen LogP contribution < -0.4 is 10.1 Å². The summed E-state index contributed by atoms with van der Waals surface area (Å²) >= 11 is 6.38. The van der Waals surface area contributed by atoms with Crippen molar-refractivity contribution in [3.8, 4) is 22.7 Å². The molecular weight excluding hydrogens is 414 g/mol. The Morgan fingerprint density at radius 1 is 1.20 bits per heavy atom. The van der Waals surface area contributed by atoms with E-state index < -0.39 is 0 Å². The molecule has 2 aromatic carbocycles. The number of amides is 1. The first kappa shape index (κ1) is 20.4. The molecule has 0 spiro atoms. The molecule has 30 heavy (non-hydrogen) atoms. The van der Waals surface area contributed by atoms with Gasteiger partial charge < -0.3 is 10.1 Å². The van der Waals surface area contributed by atoms with Crippen molar-refractivity contribution in [2.75, 3.05) is 0 Å². The first-order valence-corrected chi connectivity index (χ1v) is 10.8. The minimum atomic E-state index is -0.180. The Labute approximate surface area is 185 Å². The van der Waals surface area contributed by atoms with Crippen LogP contribution in [0.1, 0.15) is 25.0 Å². The first-order valence-electron chi connectivity index (χ1n) is 9.58. The number of aromatic nitrogens is 2. The van der Waals surface area contributed by atoms with E-state index in [1.807, 2.05) is 80.2 Å². The van der Waals surface area contributed by atoms with E-state index in [1.54, 1.807) is 0 Å². The van der Waals surface area contributed by atoms with Gasteiger partial charge in [-0.15, -0.1) is 0 Å². The summed E-state index contributed by atoms with van der Waals surface area (Å²) in [6.07, 6.45) is 3.88. The van der Waals surface area contributed by atoms with Gasteiger partial charge in [-0.1, -0.05) is 42.2 Å². The van der Waals surface area contributed by atoms with Gasteiger partial charge >= 0.3 is 0 Å². The van der Waals surface area contributed by atoms with Crippen LogP contribution in [0.2, 0.25) is 0 Å². The maximum atomic E-state index is 12.2. The van der Waals surface area contributed by atoms with Crippen LogP contribution in [0, 0.1) is 6.92 Å². The SMILES string of the molecule is Cc1cc(-c2nn(-c3ccccc3)cc2/C=C2\SC(=S)NC2=O)ccc1OC(C)C. The van der Waals surface area contributed by atoms with Crippen molar-refractivity contribution in [2.45, 2.75) is 26.9 Å². The molecular formula is C23H21N3O2S2. The smallest absolute Gasteiger partial charge is 0.263 e. The highest BCUT2D eigenvalue weighted by atomic mass is 32.2. The minimum Gasteiger partial charge on any atom is -0.491 e. The molecule has 1 N–H and O–H groups in total. The Hall–Kier alpha value is -2.90. The average Bonchev–Trinajstić information content (AvgIpc) is 3.27. The molecule has 1 aliphatic heterocycles. The second-order valence-corrected chi connectivity index (χ2v) is 8.93. The predicted molar refractivity (Wildman–Crippen MR) is 126 cm³/mol. The van der Waals surface area contributed by atoms with Gasteiger partial charge in [0.15, 0.2) is 0 Å².